The third kappa shape index (κ3) is 6.35. The predicted molar refractivity (Wildman–Crippen MR) is 86.7 cm³/mol. The van der Waals surface area contributed by atoms with Gasteiger partial charge in [-0.1, -0.05) is 37.6 Å². The molecule has 2 unspecified atom stereocenters. The van der Waals surface area contributed by atoms with Gasteiger partial charge in [0.1, 0.15) is 0 Å². The monoisotopic (exact) mass is 311 g/mol. The zero-order valence-electron chi connectivity index (χ0n) is 13.0. The average Bonchev–Trinajstić information content (AvgIpc) is 2.86. The molecule has 0 amide bonds. The molecule has 2 rings (SSSR count). The van der Waals surface area contributed by atoms with Gasteiger partial charge in [0, 0.05) is 11.6 Å². The van der Waals surface area contributed by atoms with Gasteiger partial charge < -0.3 is 14.8 Å². The van der Waals surface area contributed by atoms with Crippen molar-refractivity contribution in [2.24, 2.45) is 5.92 Å². The lowest BCUT2D eigenvalue weighted by molar-refractivity contribution is -0.0191. The topological polar surface area (TPSA) is 30.5 Å². The van der Waals surface area contributed by atoms with Gasteiger partial charge in [0.2, 0.25) is 0 Å². The van der Waals surface area contributed by atoms with Crippen LogP contribution in [0.2, 0.25) is 5.02 Å². The summed E-state index contributed by atoms with van der Waals surface area (Å²) >= 11 is 5.95. The lowest BCUT2D eigenvalue weighted by atomic mass is 10.2. The van der Waals surface area contributed by atoms with Gasteiger partial charge in [-0.15, -0.1) is 0 Å². The van der Waals surface area contributed by atoms with Gasteiger partial charge in [-0.3, -0.25) is 0 Å². The standard InChI is InChI=1S/C17H26ClNO2/c1-13(2)9-19-10-16-6-7-17(21-16)12-20-11-14-4-3-5-15(18)8-14/h3-5,8,13,16-17,19H,6-7,9-12H2,1-2H3. The minimum atomic E-state index is 0.232. The van der Waals surface area contributed by atoms with Gasteiger partial charge in [0.25, 0.3) is 0 Å². The normalized spacial score (nSPS) is 22.1. The van der Waals surface area contributed by atoms with E-state index in [1.165, 1.54) is 0 Å². The van der Waals surface area contributed by atoms with Gasteiger partial charge >= 0.3 is 0 Å². The summed E-state index contributed by atoms with van der Waals surface area (Å²) in [5.74, 6) is 0.684. The molecule has 0 radical (unpaired) electrons. The van der Waals surface area contributed by atoms with Crippen molar-refractivity contribution < 1.29 is 9.47 Å². The Labute approximate surface area is 133 Å². The zero-order chi connectivity index (χ0) is 15.1. The van der Waals surface area contributed by atoms with Gasteiger partial charge in [-0.2, -0.15) is 0 Å². The Kier molecular flexibility index (Phi) is 6.97. The predicted octanol–water partition coefficient (Wildman–Crippen LogP) is 3.65. The summed E-state index contributed by atoms with van der Waals surface area (Å²) in [4.78, 5) is 0. The van der Waals surface area contributed by atoms with E-state index < -0.39 is 0 Å². The maximum atomic E-state index is 5.99. The fourth-order valence-corrected chi connectivity index (χ4v) is 2.73. The first kappa shape index (κ1) is 16.8. The molecule has 3 nitrogen and oxygen atoms in total. The summed E-state index contributed by atoms with van der Waals surface area (Å²) in [6, 6.07) is 7.79. The van der Waals surface area contributed by atoms with Crippen molar-refractivity contribution in [3.05, 3.63) is 34.9 Å². The van der Waals surface area contributed by atoms with Crippen molar-refractivity contribution in [2.75, 3.05) is 19.7 Å². The van der Waals surface area contributed by atoms with E-state index >= 15 is 0 Å². The first-order chi connectivity index (χ1) is 10.1. The van der Waals surface area contributed by atoms with Crippen LogP contribution in [0.1, 0.15) is 32.3 Å². The van der Waals surface area contributed by atoms with E-state index in [1.807, 2.05) is 24.3 Å². The Hall–Kier alpha value is -0.610. The maximum Gasteiger partial charge on any atom is 0.0814 e. The molecule has 1 fully saturated rings. The van der Waals surface area contributed by atoms with Crippen LogP contribution in [0.5, 0.6) is 0 Å². The molecule has 0 bridgehead atoms. The van der Waals surface area contributed by atoms with Crippen LogP contribution in [0.4, 0.5) is 0 Å². The molecule has 1 aliphatic rings. The summed E-state index contributed by atoms with van der Waals surface area (Å²) in [7, 11) is 0. The van der Waals surface area contributed by atoms with E-state index in [-0.39, 0.29) is 6.10 Å². The number of rotatable bonds is 8. The molecule has 1 saturated heterocycles. The smallest absolute Gasteiger partial charge is 0.0814 e. The molecule has 0 saturated carbocycles. The van der Waals surface area contributed by atoms with Gasteiger partial charge in [0.15, 0.2) is 0 Å². The molecule has 0 aromatic heterocycles. The minimum Gasteiger partial charge on any atom is -0.374 e. The number of hydrogen-bond donors (Lipinski definition) is 1. The van der Waals surface area contributed by atoms with E-state index in [9.17, 15) is 0 Å². The Morgan fingerprint density at radius 3 is 2.90 bits per heavy atom. The Morgan fingerprint density at radius 1 is 1.33 bits per heavy atom. The summed E-state index contributed by atoms with van der Waals surface area (Å²) in [5.41, 5.74) is 1.11. The highest BCUT2D eigenvalue weighted by Crippen LogP contribution is 2.20. The molecular weight excluding hydrogens is 286 g/mol. The minimum absolute atomic E-state index is 0.232. The molecule has 1 heterocycles. The number of nitrogens with one attached hydrogen (secondary N) is 1. The van der Waals surface area contributed by atoms with Crippen molar-refractivity contribution in [2.45, 2.75) is 45.5 Å². The van der Waals surface area contributed by atoms with Crippen LogP contribution in [0.15, 0.2) is 24.3 Å². The largest absolute Gasteiger partial charge is 0.374 e. The molecule has 1 N–H and O–H groups in total. The first-order valence-electron chi connectivity index (χ1n) is 7.82. The van der Waals surface area contributed by atoms with E-state index in [0.717, 1.165) is 36.5 Å². The Bertz CT molecular complexity index is 425. The molecule has 4 heteroatoms. The SMILES string of the molecule is CC(C)CNCC1CCC(COCc2cccc(Cl)c2)O1. The molecule has 0 aliphatic carbocycles. The van der Waals surface area contributed by atoms with Crippen molar-refractivity contribution in [1.82, 2.24) is 5.32 Å². The van der Waals surface area contributed by atoms with E-state index in [0.29, 0.717) is 25.2 Å². The molecule has 118 valence electrons. The van der Waals surface area contributed by atoms with Gasteiger partial charge in [-0.25, -0.2) is 0 Å². The van der Waals surface area contributed by atoms with Crippen molar-refractivity contribution in [3.8, 4) is 0 Å². The van der Waals surface area contributed by atoms with Crippen LogP contribution < -0.4 is 5.32 Å². The molecule has 1 aromatic carbocycles. The lowest BCUT2D eigenvalue weighted by Crippen LogP contribution is -2.30. The summed E-state index contributed by atoms with van der Waals surface area (Å²) in [5, 5.41) is 4.21. The third-order valence-electron chi connectivity index (χ3n) is 3.58. The molecule has 1 aromatic rings. The zero-order valence-corrected chi connectivity index (χ0v) is 13.7. The van der Waals surface area contributed by atoms with Crippen molar-refractivity contribution in [1.29, 1.82) is 0 Å². The number of hydrogen-bond acceptors (Lipinski definition) is 3. The average molecular weight is 312 g/mol. The second kappa shape index (κ2) is 8.74. The summed E-state index contributed by atoms with van der Waals surface area (Å²) in [6.07, 6.45) is 2.78. The quantitative estimate of drug-likeness (QED) is 0.795. The second-order valence-electron chi connectivity index (χ2n) is 6.15. The highest BCUT2D eigenvalue weighted by molar-refractivity contribution is 6.30. The van der Waals surface area contributed by atoms with Crippen LogP contribution in [0.25, 0.3) is 0 Å². The van der Waals surface area contributed by atoms with E-state index in [1.54, 1.807) is 0 Å². The molecular formula is C17H26ClNO2. The lowest BCUT2D eigenvalue weighted by Gasteiger charge is -2.15. The number of halogens is 1. The number of ether oxygens (including phenoxy) is 2. The van der Waals surface area contributed by atoms with Crippen LogP contribution in [0.3, 0.4) is 0 Å². The van der Waals surface area contributed by atoms with Crippen molar-refractivity contribution >= 4 is 11.6 Å². The van der Waals surface area contributed by atoms with Gasteiger partial charge in [-0.05, 0) is 43.0 Å². The number of benzene rings is 1. The van der Waals surface area contributed by atoms with E-state index in [2.05, 4.69) is 19.2 Å². The molecule has 0 spiro atoms. The van der Waals surface area contributed by atoms with E-state index in [4.69, 9.17) is 21.1 Å². The summed E-state index contributed by atoms with van der Waals surface area (Å²) in [6.45, 7) is 7.69. The van der Waals surface area contributed by atoms with Crippen molar-refractivity contribution in [3.63, 3.8) is 0 Å². The molecule has 1 aliphatic heterocycles. The van der Waals surface area contributed by atoms with Crippen LogP contribution in [-0.4, -0.2) is 31.9 Å². The van der Waals surface area contributed by atoms with Crippen LogP contribution >= 0.6 is 11.6 Å². The second-order valence-corrected chi connectivity index (χ2v) is 6.59. The molecule has 2 atom stereocenters. The summed E-state index contributed by atoms with van der Waals surface area (Å²) < 4.78 is 11.7. The Morgan fingerprint density at radius 2 is 2.14 bits per heavy atom. The Balaban J connectivity index is 1.60. The third-order valence-corrected chi connectivity index (χ3v) is 3.82. The maximum absolute atomic E-state index is 5.99. The first-order valence-corrected chi connectivity index (χ1v) is 8.19. The fourth-order valence-electron chi connectivity index (χ4n) is 2.52. The van der Waals surface area contributed by atoms with Crippen LogP contribution in [-0.2, 0) is 16.1 Å². The fraction of sp³-hybridized carbons (Fsp3) is 0.647. The highest BCUT2D eigenvalue weighted by atomic mass is 35.5. The molecule has 21 heavy (non-hydrogen) atoms. The van der Waals surface area contributed by atoms with Crippen LogP contribution in [0, 0.1) is 5.92 Å². The van der Waals surface area contributed by atoms with Gasteiger partial charge in [0.05, 0.1) is 25.4 Å². The highest BCUT2D eigenvalue weighted by Gasteiger charge is 2.24.